The first-order valence-electron chi connectivity index (χ1n) is 8.81. The number of hydrogen-bond acceptors (Lipinski definition) is 5. The highest BCUT2D eigenvalue weighted by Crippen LogP contribution is 2.31. The number of ether oxygens (including phenoxy) is 1. The standard InChI is InChI=1S/C20H23ClN4O4/c1-12-8-16(17(29-3)9-14(12)21)25-20(28)13-6-4-5-7-15(13)24-19(27)11-23-10-18(26)22-2/h4-9,23H,10-11H2,1-3H3,(H,22,26)(H,24,27)(H,25,28). The van der Waals surface area contributed by atoms with Gasteiger partial charge < -0.3 is 20.7 Å². The largest absolute Gasteiger partial charge is 0.495 e. The Kier molecular flexibility index (Phi) is 7.99. The van der Waals surface area contributed by atoms with Gasteiger partial charge in [0.25, 0.3) is 5.91 Å². The SMILES string of the molecule is CNC(=O)CNCC(=O)Nc1ccccc1C(=O)Nc1cc(C)c(Cl)cc1OC. The van der Waals surface area contributed by atoms with Crippen LogP contribution in [0.15, 0.2) is 36.4 Å². The fourth-order valence-corrected chi connectivity index (χ4v) is 2.64. The lowest BCUT2D eigenvalue weighted by molar-refractivity contribution is -0.120. The van der Waals surface area contributed by atoms with Gasteiger partial charge in [-0.15, -0.1) is 0 Å². The van der Waals surface area contributed by atoms with Crippen LogP contribution in [0.5, 0.6) is 5.75 Å². The summed E-state index contributed by atoms with van der Waals surface area (Å²) in [5, 5.41) is 11.1. The number of amides is 3. The minimum atomic E-state index is -0.417. The maximum atomic E-state index is 12.8. The minimum Gasteiger partial charge on any atom is -0.495 e. The van der Waals surface area contributed by atoms with Crippen LogP contribution >= 0.6 is 11.6 Å². The molecule has 3 amide bonds. The number of nitrogens with one attached hydrogen (secondary N) is 4. The monoisotopic (exact) mass is 418 g/mol. The Morgan fingerprint density at radius 1 is 1.00 bits per heavy atom. The molecule has 0 fully saturated rings. The first-order valence-corrected chi connectivity index (χ1v) is 9.19. The summed E-state index contributed by atoms with van der Waals surface area (Å²) in [5.74, 6) is -0.605. The molecule has 154 valence electrons. The fraction of sp³-hybridized carbons (Fsp3) is 0.250. The molecule has 0 saturated heterocycles. The number of aryl methyl sites for hydroxylation is 1. The third-order valence-electron chi connectivity index (χ3n) is 4.02. The maximum Gasteiger partial charge on any atom is 0.257 e. The number of carbonyl (C=O) groups is 3. The summed E-state index contributed by atoms with van der Waals surface area (Å²) in [4.78, 5) is 36.1. The van der Waals surface area contributed by atoms with Gasteiger partial charge in [0.1, 0.15) is 5.75 Å². The van der Waals surface area contributed by atoms with Gasteiger partial charge in [-0.05, 0) is 30.7 Å². The third kappa shape index (κ3) is 6.20. The molecule has 0 aromatic heterocycles. The van der Waals surface area contributed by atoms with E-state index in [9.17, 15) is 14.4 Å². The van der Waals surface area contributed by atoms with Crippen LogP contribution in [0.3, 0.4) is 0 Å². The van der Waals surface area contributed by atoms with Crippen LogP contribution in [0.4, 0.5) is 11.4 Å². The zero-order valence-corrected chi connectivity index (χ0v) is 17.1. The smallest absolute Gasteiger partial charge is 0.257 e. The number of halogens is 1. The highest BCUT2D eigenvalue weighted by molar-refractivity contribution is 6.31. The Bertz CT molecular complexity index is 917. The van der Waals surface area contributed by atoms with Gasteiger partial charge in [0, 0.05) is 18.1 Å². The highest BCUT2D eigenvalue weighted by atomic mass is 35.5. The lowest BCUT2D eigenvalue weighted by atomic mass is 10.1. The molecule has 2 rings (SSSR count). The molecule has 0 bridgehead atoms. The van der Waals surface area contributed by atoms with E-state index in [2.05, 4.69) is 21.3 Å². The van der Waals surface area contributed by atoms with Crippen molar-refractivity contribution in [1.82, 2.24) is 10.6 Å². The molecule has 2 aromatic carbocycles. The number of rotatable bonds is 8. The van der Waals surface area contributed by atoms with Crippen molar-refractivity contribution in [1.29, 1.82) is 0 Å². The first-order chi connectivity index (χ1) is 13.8. The highest BCUT2D eigenvalue weighted by Gasteiger charge is 2.16. The van der Waals surface area contributed by atoms with Crippen molar-refractivity contribution in [2.24, 2.45) is 0 Å². The van der Waals surface area contributed by atoms with Crippen molar-refractivity contribution in [3.8, 4) is 5.75 Å². The van der Waals surface area contributed by atoms with Gasteiger partial charge in [0.05, 0.1) is 37.1 Å². The van der Waals surface area contributed by atoms with Gasteiger partial charge in [-0.3, -0.25) is 19.7 Å². The van der Waals surface area contributed by atoms with Crippen LogP contribution in [-0.2, 0) is 9.59 Å². The summed E-state index contributed by atoms with van der Waals surface area (Å²) in [5.41, 5.74) is 1.88. The average molecular weight is 419 g/mol. The molecule has 0 aliphatic rings. The summed E-state index contributed by atoms with van der Waals surface area (Å²) in [7, 11) is 2.99. The second-order valence-corrected chi connectivity index (χ2v) is 6.53. The summed E-state index contributed by atoms with van der Waals surface area (Å²) in [6.07, 6.45) is 0. The lowest BCUT2D eigenvalue weighted by Crippen LogP contribution is -2.36. The number of methoxy groups -OCH3 is 1. The summed E-state index contributed by atoms with van der Waals surface area (Å²) in [6.45, 7) is 1.76. The molecule has 0 heterocycles. The number of likely N-dealkylation sites (N-methyl/N-ethyl adjacent to an activating group) is 1. The van der Waals surface area contributed by atoms with Gasteiger partial charge in [-0.1, -0.05) is 23.7 Å². The van der Waals surface area contributed by atoms with E-state index >= 15 is 0 Å². The normalized spacial score (nSPS) is 10.2. The van der Waals surface area contributed by atoms with Gasteiger partial charge >= 0.3 is 0 Å². The molecule has 0 unspecified atom stereocenters. The molecule has 0 aliphatic carbocycles. The van der Waals surface area contributed by atoms with E-state index in [0.29, 0.717) is 22.1 Å². The minimum absolute atomic E-state index is 0.0156. The van der Waals surface area contributed by atoms with E-state index in [1.807, 2.05) is 6.92 Å². The third-order valence-corrected chi connectivity index (χ3v) is 4.43. The van der Waals surface area contributed by atoms with Crippen LogP contribution in [0.25, 0.3) is 0 Å². The van der Waals surface area contributed by atoms with Crippen molar-refractivity contribution in [2.45, 2.75) is 6.92 Å². The summed E-state index contributed by atoms with van der Waals surface area (Å²) in [6, 6.07) is 9.95. The van der Waals surface area contributed by atoms with Crippen molar-refractivity contribution in [3.05, 3.63) is 52.5 Å². The Morgan fingerprint density at radius 3 is 2.38 bits per heavy atom. The second kappa shape index (κ2) is 10.4. The van der Waals surface area contributed by atoms with Crippen molar-refractivity contribution in [3.63, 3.8) is 0 Å². The molecule has 8 nitrogen and oxygen atoms in total. The molecular formula is C20H23ClN4O4. The fourth-order valence-electron chi connectivity index (χ4n) is 2.48. The van der Waals surface area contributed by atoms with Crippen molar-refractivity contribution in [2.75, 3.05) is 37.9 Å². The number of carbonyl (C=O) groups excluding carboxylic acids is 3. The Hall–Kier alpha value is -3.10. The van der Waals surface area contributed by atoms with E-state index in [0.717, 1.165) is 5.56 Å². The lowest BCUT2D eigenvalue weighted by Gasteiger charge is -2.14. The molecule has 0 atom stereocenters. The molecular weight excluding hydrogens is 396 g/mol. The van der Waals surface area contributed by atoms with Crippen LogP contribution in [0.1, 0.15) is 15.9 Å². The van der Waals surface area contributed by atoms with Gasteiger partial charge in [0.2, 0.25) is 11.8 Å². The number of para-hydroxylation sites is 1. The van der Waals surface area contributed by atoms with Gasteiger partial charge in [0.15, 0.2) is 0 Å². The molecule has 0 spiro atoms. The zero-order chi connectivity index (χ0) is 21.4. The predicted octanol–water partition coefficient (Wildman–Crippen LogP) is 2.18. The number of hydrogen-bond donors (Lipinski definition) is 4. The quantitative estimate of drug-likeness (QED) is 0.525. The zero-order valence-electron chi connectivity index (χ0n) is 16.4. The maximum absolute atomic E-state index is 12.8. The Labute approximate surface area is 174 Å². The van der Waals surface area contributed by atoms with E-state index in [4.69, 9.17) is 16.3 Å². The number of anilines is 2. The Morgan fingerprint density at radius 2 is 1.69 bits per heavy atom. The van der Waals surface area contributed by atoms with E-state index in [1.165, 1.54) is 14.2 Å². The average Bonchev–Trinajstić information content (AvgIpc) is 2.70. The van der Waals surface area contributed by atoms with Crippen molar-refractivity contribution >= 4 is 40.7 Å². The molecule has 0 aliphatic heterocycles. The van der Waals surface area contributed by atoms with Crippen molar-refractivity contribution < 1.29 is 19.1 Å². The Balaban J connectivity index is 2.12. The van der Waals surface area contributed by atoms with Gasteiger partial charge in [-0.2, -0.15) is 0 Å². The number of benzene rings is 2. The van der Waals surface area contributed by atoms with E-state index < -0.39 is 5.91 Å². The summed E-state index contributed by atoms with van der Waals surface area (Å²) >= 11 is 6.10. The molecule has 0 radical (unpaired) electrons. The van der Waals surface area contributed by atoms with Gasteiger partial charge in [-0.25, -0.2) is 0 Å². The van der Waals surface area contributed by atoms with Crippen LogP contribution in [-0.4, -0.2) is 45.0 Å². The molecule has 0 saturated carbocycles. The van der Waals surface area contributed by atoms with Crippen LogP contribution in [0, 0.1) is 6.92 Å². The molecule has 4 N–H and O–H groups in total. The van der Waals surface area contributed by atoms with Crippen LogP contribution in [0.2, 0.25) is 5.02 Å². The van der Waals surface area contributed by atoms with Crippen LogP contribution < -0.4 is 26.0 Å². The van der Waals surface area contributed by atoms with E-state index in [1.54, 1.807) is 36.4 Å². The first kappa shape index (κ1) is 22.2. The molecule has 9 heteroatoms. The predicted molar refractivity (Wildman–Crippen MR) is 113 cm³/mol. The summed E-state index contributed by atoms with van der Waals surface area (Å²) < 4.78 is 5.28. The van der Waals surface area contributed by atoms with E-state index in [-0.39, 0.29) is 30.5 Å². The second-order valence-electron chi connectivity index (χ2n) is 6.13. The topological polar surface area (TPSA) is 109 Å². The molecule has 29 heavy (non-hydrogen) atoms. The molecule has 2 aromatic rings.